The van der Waals surface area contributed by atoms with Crippen LogP contribution in [0.5, 0.6) is 0 Å². The number of aryl methyl sites for hydroxylation is 1. The van der Waals surface area contributed by atoms with Gasteiger partial charge in [-0.15, -0.1) is 12.4 Å². The highest BCUT2D eigenvalue weighted by molar-refractivity contribution is 5.85. The van der Waals surface area contributed by atoms with Crippen LogP contribution in [0.3, 0.4) is 0 Å². The summed E-state index contributed by atoms with van der Waals surface area (Å²) in [6.45, 7) is 3.46. The topological polar surface area (TPSA) is 70.7 Å². The summed E-state index contributed by atoms with van der Waals surface area (Å²) in [5, 5.41) is 6.50. The van der Waals surface area contributed by atoms with Crippen LogP contribution in [0, 0.1) is 5.41 Å². The molecule has 2 fully saturated rings. The van der Waals surface area contributed by atoms with E-state index in [9.17, 15) is 9.59 Å². The zero-order chi connectivity index (χ0) is 19.1. The van der Waals surface area contributed by atoms with Crippen molar-refractivity contribution >= 4 is 24.2 Å². The van der Waals surface area contributed by atoms with E-state index in [2.05, 4.69) is 22.8 Å². The summed E-state index contributed by atoms with van der Waals surface area (Å²) in [6.07, 6.45) is 3.68. The molecule has 2 aliphatic rings. The number of benzene rings is 1. The van der Waals surface area contributed by atoms with E-state index >= 15 is 0 Å². The molecule has 1 unspecified atom stereocenters. The Labute approximate surface area is 173 Å². The first-order valence-corrected chi connectivity index (χ1v) is 9.95. The van der Waals surface area contributed by atoms with E-state index in [0.717, 1.165) is 45.3 Å². The maximum absolute atomic E-state index is 12.9. The zero-order valence-corrected chi connectivity index (χ0v) is 17.4. The highest BCUT2D eigenvalue weighted by Crippen LogP contribution is 2.30. The van der Waals surface area contributed by atoms with Gasteiger partial charge < -0.3 is 20.3 Å². The van der Waals surface area contributed by atoms with Gasteiger partial charge in [0.2, 0.25) is 11.8 Å². The molecule has 2 amide bonds. The quantitative estimate of drug-likeness (QED) is 0.720. The fraction of sp³-hybridized carbons (Fsp3) is 0.619. The van der Waals surface area contributed by atoms with Crippen LogP contribution in [0.2, 0.25) is 0 Å². The standard InChI is InChI=1S/C21H31N3O3.ClH/c1-27-16-21(10-12-22-13-11-21)20(26)23-18-9-14-24(15-18)19(25)8-7-17-5-3-2-4-6-17;/h2-6,18,22H,7-16H2,1H3,(H,23,26);1H. The molecule has 1 atom stereocenters. The molecule has 2 saturated heterocycles. The van der Waals surface area contributed by atoms with Gasteiger partial charge in [-0.05, 0) is 44.3 Å². The Morgan fingerprint density at radius 2 is 1.96 bits per heavy atom. The number of halogens is 1. The molecular weight excluding hydrogens is 378 g/mol. The summed E-state index contributed by atoms with van der Waals surface area (Å²) in [5.74, 6) is 0.249. The maximum atomic E-state index is 12.9. The Morgan fingerprint density at radius 3 is 2.64 bits per heavy atom. The number of likely N-dealkylation sites (tertiary alicyclic amines) is 1. The third kappa shape index (κ3) is 5.69. The second-order valence-electron chi connectivity index (χ2n) is 7.75. The van der Waals surface area contributed by atoms with Gasteiger partial charge in [0, 0.05) is 32.7 Å². The zero-order valence-electron chi connectivity index (χ0n) is 16.6. The summed E-state index contributed by atoms with van der Waals surface area (Å²) in [5.41, 5.74) is 0.743. The first kappa shape index (κ1) is 22.7. The van der Waals surface area contributed by atoms with Gasteiger partial charge in [-0.2, -0.15) is 0 Å². The van der Waals surface area contributed by atoms with Crippen LogP contribution in [-0.4, -0.2) is 62.7 Å². The summed E-state index contributed by atoms with van der Waals surface area (Å²) in [4.78, 5) is 27.3. The minimum Gasteiger partial charge on any atom is -0.384 e. The predicted molar refractivity (Wildman–Crippen MR) is 112 cm³/mol. The Bertz CT molecular complexity index is 630. The molecule has 1 aromatic carbocycles. The number of rotatable bonds is 7. The molecule has 2 N–H and O–H groups in total. The Hall–Kier alpha value is -1.63. The van der Waals surface area contributed by atoms with Crippen molar-refractivity contribution in [3.05, 3.63) is 35.9 Å². The summed E-state index contributed by atoms with van der Waals surface area (Å²) < 4.78 is 5.35. The second-order valence-corrected chi connectivity index (χ2v) is 7.75. The first-order valence-electron chi connectivity index (χ1n) is 9.95. The van der Waals surface area contributed by atoms with Gasteiger partial charge in [0.15, 0.2) is 0 Å². The fourth-order valence-corrected chi connectivity index (χ4v) is 4.12. The summed E-state index contributed by atoms with van der Waals surface area (Å²) >= 11 is 0. The van der Waals surface area contributed by atoms with Crippen molar-refractivity contribution in [3.8, 4) is 0 Å². The predicted octanol–water partition coefficient (Wildman–Crippen LogP) is 1.77. The molecule has 1 aromatic rings. The lowest BCUT2D eigenvalue weighted by Gasteiger charge is -2.36. The molecule has 2 aliphatic heterocycles. The molecule has 28 heavy (non-hydrogen) atoms. The lowest BCUT2D eigenvalue weighted by Crippen LogP contribution is -2.53. The normalized spacial score (nSPS) is 21.0. The molecule has 7 heteroatoms. The van der Waals surface area contributed by atoms with Crippen LogP contribution in [0.4, 0.5) is 0 Å². The van der Waals surface area contributed by atoms with Crippen molar-refractivity contribution < 1.29 is 14.3 Å². The van der Waals surface area contributed by atoms with Crippen molar-refractivity contribution in [2.75, 3.05) is 39.9 Å². The third-order valence-corrected chi connectivity index (χ3v) is 5.81. The average Bonchev–Trinajstić information content (AvgIpc) is 3.16. The number of methoxy groups -OCH3 is 1. The maximum Gasteiger partial charge on any atom is 0.228 e. The smallest absolute Gasteiger partial charge is 0.228 e. The number of carbonyl (C=O) groups is 2. The van der Waals surface area contributed by atoms with Gasteiger partial charge >= 0.3 is 0 Å². The lowest BCUT2D eigenvalue weighted by atomic mass is 9.78. The van der Waals surface area contributed by atoms with E-state index in [1.807, 2.05) is 23.1 Å². The van der Waals surface area contributed by atoms with E-state index in [-0.39, 0.29) is 30.3 Å². The summed E-state index contributed by atoms with van der Waals surface area (Å²) in [7, 11) is 1.65. The fourth-order valence-electron chi connectivity index (χ4n) is 4.12. The van der Waals surface area contributed by atoms with Crippen molar-refractivity contribution in [3.63, 3.8) is 0 Å². The number of hydrogen-bond acceptors (Lipinski definition) is 4. The van der Waals surface area contributed by atoms with Gasteiger partial charge in [0.05, 0.1) is 12.0 Å². The van der Waals surface area contributed by atoms with Crippen LogP contribution in [0.1, 0.15) is 31.2 Å². The molecule has 0 spiro atoms. The Morgan fingerprint density at radius 1 is 1.25 bits per heavy atom. The number of carbonyl (C=O) groups excluding carboxylic acids is 2. The number of hydrogen-bond donors (Lipinski definition) is 2. The van der Waals surface area contributed by atoms with E-state index in [4.69, 9.17) is 4.74 Å². The molecular formula is C21H32ClN3O3. The molecule has 3 rings (SSSR count). The minimum absolute atomic E-state index is 0. The van der Waals surface area contributed by atoms with Crippen LogP contribution < -0.4 is 10.6 Å². The van der Waals surface area contributed by atoms with Crippen molar-refractivity contribution in [2.45, 2.75) is 38.1 Å². The third-order valence-electron chi connectivity index (χ3n) is 5.81. The van der Waals surface area contributed by atoms with Gasteiger partial charge in [0.1, 0.15) is 0 Å². The number of ether oxygens (including phenoxy) is 1. The van der Waals surface area contributed by atoms with Crippen LogP contribution in [0.25, 0.3) is 0 Å². The molecule has 156 valence electrons. The van der Waals surface area contributed by atoms with Gasteiger partial charge in [0.25, 0.3) is 0 Å². The molecule has 0 radical (unpaired) electrons. The Balaban J connectivity index is 0.00000280. The molecule has 0 aromatic heterocycles. The second kappa shape index (κ2) is 10.8. The van der Waals surface area contributed by atoms with Crippen LogP contribution in [0.15, 0.2) is 30.3 Å². The van der Waals surface area contributed by atoms with Crippen molar-refractivity contribution in [2.24, 2.45) is 5.41 Å². The number of nitrogens with one attached hydrogen (secondary N) is 2. The molecule has 0 bridgehead atoms. The first-order chi connectivity index (χ1) is 13.1. The SMILES string of the molecule is COCC1(C(=O)NC2CCN(C(=O)CCc3ccccc3)C2)CCNCC1.Cl. The van der Waals surface area contributed by atoms with Crippen molar-refractivity contribution in [1.29, 1.82) is 0 Å². The molecule has 0 aliphatic carbocycles. The molecule has 0 saturated carbocycles. The number of piperidine rings is 1. The van der Waals surface area contributed by atoms with Crippen LogP contribution >= 0.6 is 12.4 Å². The molecule has 2 heterocycles. The minimum atomic E-state index is -0.440. The van der Waals surface area contributed by atoms with E-state index in [0.29, 0.717) is 19.6 Å². The van der Waals surface area contributed by atoms with Crippen LogP contribution in [-0.2, 0) is 20.7 Å². The van der Waals surface area contributed by atoms with E-state index in [1.54, 1.807) is 7.11 Å². The number of nitrogens with zero attached hydrogens (tertiary/aromatic N) is 1. The number of amides is 2. The highest BCUT2D eigenvalue weighted by atomic mass is 35.5. The van der Waals surface area contributed by atoms with Gasteiger partial charge in [-0.3, -0.25) is 9.59 Å². The summed E-state index contributed by atoms with van der Waals surface area (Å²) in [6, 6.07) is 10.1. The lowest BCUT2D eigenvalue weighted by molar-refractivity contribution is -0.137. The largest absolute Gasteiger partial charge is 0.384 e. The van der Waals surface area contributed by atoms with E-state index in [1.165, 1.54) is 5.56 Å². The average molecular weight is 410 g/mol. The van der Waals surface area contributed by atoms with Gasteiger partial charge in [-0.25, -0.2) is 0 Å². The van der Waals surface area contributed by atoms with Gasteiger partial charge in [-0.1, -0.05) is 30.3 Å². The highest BCUT2D eigenvalue weighted by Gasteiger charge is 2.41. The molecule has 6 nitrogen and oxygen atoms in total. The van der Waals surface area contributed by atoms with Crippen molar-refractivity contribution in [1.82, 2.24) is 15.5 Å². The monoisotopic (exact) mass is 409 g/mol. The van der Waals surface area contributed by atoms with E-state index < -0.39 is 5.41 Å². The Kier molecular flexibility index (Phi) is 8.73.